The number of aliphatic hydroxyl groups excluding tert-OH is 9. The van der Waals surface area contributed by atoms with E-state index in [0.717, 1.165) is 0 Å². The zero-order chi connectivity index (χ0) is 31.2. The third-order valence-corrected chi connectivity index (χ3v) is 10.1. The minimum absolute atomic E-state index is 0.0698. The minimum Gasteiger partial charge on any atom is -0.427 e. The van der Waals surface area contributed by atoms with Crippen molar-refractivity contribution in [1.29, 1.82) is 0 Å². The Morgan fingerprint density at radius 3 is 2.12 bits per heavy atom. The molecule has 43 heavy (non-hydrogen) atoms. The summed E-state index contributed by atoms with van der Waals surface area (Å²) in [7, 11) is 1.54. The van der Waals surface area contributed by atoms with Crippen LogP contribution in [0.15, 0.2) is 0 Å². The fraction of sp³-hybridized carbons (Fsp3) is 1.00. The normalized spacial score (nSPS) is 54.6. The third-order valence-electron chi connectivity index (χ3n) is 10.1. The number of rotatable bonds is 7. The molecule has 3 aliphatic heterocycles. The van der Waals surface area contributed by atoms with Gasteiger partial charge in [-0.3, -0.25) is 0 Å². The van der Waals surface area contributed by atoms with Gasteiger partial charge in [-0.15, -0.1) is 0 Å². The second-order valence-electron chi connectivity index (χ2n) is 12.9. The van der Waals surface area contributed by atoms with Crippen LogP contribution in [0.2, 0.25) is 0 Å². The first-order valence-corrected chi connectivity index (χ1v) is 15.3. The maximum absolute atomic E-state index is 10.9. The van der Waals surface area contributed by atoms with E-state index >= 15 is 0 Å². The number of methoxy groups -OCH3 is 1. The predicted octanol–water partition coefficient (Wildman–Crippen LogP) is -4.00. The van der Waals surface area contributed by atoms with E-state index in [1.165, 1.54) is 14.0 Å². The summed E-state index contributed by atoms with van der Waals surface area (Å²) in [6.45, 7) is 1.08. The van der Waals surface area contributed by atoms with Crippen LogP contribution in [0.1, 0.15) is 45.4 Å². The molecule has 19 unspecified atom stereocenters. The smallest absolute Gasteiger partial charge is 0.187 e. The van der Waals surface area contributed by atoms with Crippen molar-refractivity contribution < 1.29 is 74.4 Å². The number of fused-ring (bicyclic) bond motifs is 1. The van der Waals surface area contributed by atoms with Gasteiger partial charge < -0.3 is 74.4 Å². The highest BCUT2D eigenvalue weighted by atomic mass is 16.7. The Morgan fingerprint density at radius 1 is 0.698 bits per heavy atom. The summed E-state index contributed by atoms with van der Waals surface area (Å²) in [6.07, 6.45) is -15.6. The first-order valence-electron chi connectivity index (χ1n) is 15.3. The Bertz CT molecular complexity index is 898. The highest BCUT2D eigenvalue weighted by molar-refractivity contribution is 4.98. The summed E-state index contributed by atoms with van der Waals surface area (Å²) in [5, 5.41) is 93.9. The lowest BCUT2D eigenvalue weighted by Crippen LogP contribution is -2.63. The molecule has 3 saturated heterocycles. The molecule has 0 spiro atoms. The summed E-state index contributed by atoms with van der Waals surface area (Å²) in [5.74, 6) is -0.374. The Hall–Kier alpha value is -0.600. The molecule has 15 nitrogen and oxygen atoms in total. The van der Waals surface area contributed by atoms with Crippen molar-refractivity contribution in [2.24, 2.45) is 11.8 Å². The molecule has 0 radical (unpaired) electrons. The van der Waals surface area contributed by atoms with E-state index in [1.54, 1.807) is 0 Å². The molecule has 0 aromatic rings. The molecule has 10 N–H and O–H groups in total. The second-order valence-corrected chi connectivity index (χ2v) is 12.9. The molecule has 5 aliphatic rings. The molecule has 0 aromatic heterocycles. The topological polar surface area (TPSA) is 241 Å². The molecule has 19 atom stereocenters. The Morgan fingerprint density at radius 2 is 1.40 bits per heavy atom. The maximum Gasteiger partial charge on any atom is 0.187 e. The summed E-state index contributed by atoms with van der Waals surface area (Å²) in [6, 6.07) is 0. The Balaban J connectivity index is 1.30. The molecule has 0 aromatic carbocycles. The highest BCUT2D eigenvalue weighted by Gasteiger charge is 2.55. The zero-order valence-corrected chi connectivity index (χ0v) is 24.4. The van der Waals surface area contributed by atoms with E-state index in [-0.39, 0.29) is 24.4 Å². The van der Waals surface area contributed by atoms with E-state index in [4.69, 9.17) is 28.4 Å². The van der Waals surface area contributed by atoms with Crippen molar-refractivity contribution in [3.63, 3.8) is 0 Å². The molecular formula is C28H49O15+. The Kier molecular flexibility index (Phi) is 11.0. The number of hydrogen-bond donors (Lipinski definition) is 9. The summed E-state index contributed by atoms with van der Waals surface area (Å²) >= 11 is 0. The van der Waals surface area contributed by atoms with Gasteiger partial charge in [0, 0.05) is 25.9 Å². The third kappa shape index (κ3) is 7.06. The van der Waals surface area contributed by atoms with Gasteiger partial charge in [0.25, 0.3) is 0 Å². The molecular weight excluding hydrogens is 576 g/mol. The van der Waals surface area contributed by atoms with Crippen molar-refractivity contribution in [2.45, 2.75) is 150 Å². The van der Waals surface area contributed by atoms with E-state index in [2.05, 4.69) is 0 Å². The first kappa shape index (κ1) is 33.8. The molecule has 0 bridgehead atoms. The zero-order valence-electron chi connectivity index (χ0n) is 24.4. The average molecular weight is 626 g/mol. The monoisotopic (exact) mass is 625 g/mol. The summed E-state index contributed by atoms with van der Waals surface area (Å²) < 4.78 is 33.7. The molecule has 250 valence electrons. The molecule has 2 aliphatic carbocycles. The molecule has 2 saturated carbocycles. The van der Waals surface area contributed by atoms with Crippen molar-refractivity contribution in [1.82, 2.24) is 0 Å². The van der Waals surface area contributed by atoms with Crippen LogP contribution in [-0.2, 0) is 23.7 Å². The lowest BCUT2D eigenvalue weighted by Gasteiger charge is -2.48. The summed E-state index contributed by atoms with van der Waals surface area (Å²) in [4.78, 5) is 0. The number of ether oxygens (including phenoxy) is 6. The fourth-order valence-electron chi connectivity index (χ4n) is 7.42. The van der Waals surface area contributed by atoms with Crippen LogP contribution in [-0.4, -0.2) is 169 Å². The van der Waals surface area contributed by atoms with Crippen molar-refractivity contribution >= 4 is 0 Å². The summed E-state index contributed by atoms with van der Waals surface area (Å²) in [5.41, 5.74) is 0. The quantitative estimate of drug-likeness (QED) is 0.123. The standard InChI is InChI=1S/C28H48O15/c1-10-20(32)22(34)24(36)27(40-10)39-9-19-21(33)23(35)25(37)28(43-19)42-18-8-13-15(31)6-12(29)7-16(13)41-26(18)11-3-4-14(30)17(5-11)38-2/h10-37H,3-9H2,1-2H3/p+1. The van der Waals surface area contributed by atoms with Crippen LogP contribution in [0.3, 0.4) is 0 Å². The van der Waals surface area contributed by atoms with Gasteiger partial charge in [-0.2, -0.15) is 0 Å². The van der Waals surface area contributed by atoms with Gasteiger partial charge in [-0.1, -0.05) is 0 Å². The second kappa shape index (κ2) is 14.0. The van der Waals surface area contributed by atoms with Gasteiger partial charge >= 0.3 is 0 Å². The van der Waals surface area contributed by atoms with Crippen LogP contribution >= 0.6 is 0 Å². The molecule has 5 fully saturated rings. The molecule has 15 heteroatoms. The van der Waals surface area contributed by atoms with E-state index in [1.807, 2.05) is 0 Å². The van der Waals surface area contributed by atoms with Crippen molar-refractivity contribution in [3.8, 4) is 0 Å². The van der Waals surface area contributed by atoms with Crippen LogP contribution in [0.4, 0.5) is 0 Å². The lowest BCUT2D eigenvalue weighted by atomic mass is 9.72. The van der Waals surface area contributed by atoms with Gasteiger partial charge in [0.2, 0.25) is 0 Å². The van der Waals surface area contributed by atoms with Gasteiger partial charge in [0.05, 0.1) is 43.0 Å². The van der Waals surface area contributed by atoms with E-state index in [0.29, 0.717) is 32.1 Å². The lowest BCUT2D eigenvalue weighted by molar-refractivity contribution is -0.362. The van der Waals surface area contributed by atoms with Gasteiger partial charge in [-0.05, 0) is 32.6 Å². The number of aliphatic hydroxyl groups is 11. The van der Waals surface area contributed by atoms with Crippen LogP contribution in [0.5, 0.6) is 0 Å². The molecule has 5 rings (SSSR count). The largest absolute Gasteiger partial charge is 0.427 e. The van der Waals surface area contributed by atoms with Gasteiger partial charge in [0.15, 0.2) is 24.8 Å². The van der Waals surface area contributed by atoms with Crippen LogP contribution in [0, 0.1) is 11.8 Å². The molecule has 0 amide bonds. The minimum atomic E-state index is -1.68. The highest BCUT2D eigenvalue weighted by Crippen LogP contribution is 2.42. The average Bonchev–Trinajstić information content (AvgIpc) is 2.98. The van der Waals surface area contributed by atoms with Crippen molar-refractivity contribution in [2.75, 3.05) is 13.7 Å². The van der Waals surface area contributed by atoms with E-state index < -0.39 is 105 Å². The first-order chi connectivity index (χ1) is 20.4. The number of hydrogen-bond acceptors (Lipinski definition) is 14. The Labute approximate surface area is 249 Å². The van der Waals surface area contributed by atoms with E-state index in [9.17, 15) is 46.0 Å². The van der Waals surface area contributed by atoms with Crippen molar-refractivity contribution in [3.05, 3.63) is 0 Å². The van der Waals surface area contributed by atoms with Gasteiger partial charge in [0.1, 0.15) is 48.8 Å². The maximum atomic E-state index is 10.9. The fourth-order valence-corrected chi connectivity index (χ4v) is 7.42. The van der Waals surface area contributed by atoms with Crippen LogP contribution in [0.25, 0.3) is 0 Å². The van der Waals surface area contributed by atoms with Crippen LogP contribution < -0.4 is 0 Å². The van der Waals surface area contributed by atoms with Gasteiger partial charge in [-0.25, -0.2) is 0 Å². The predicted molar refractivity (Wildman–Crippen MR) is 143 cm³/mol. The SMILES string of the molecule is COC1CC(C2[OH+]C3CC(O)CC(O)C3CC2OC2OC(COC3OC(C)C(O)C(O)C3O)C(O)C(O)C2O)CCC1O. The molecule has 3 heterocycles.